The van der Waals surface area contributed by atoms with Gasteiger partial charge in [0.15, 0.2) is 0 Å². The maximum atomic E-state index is 12.1. The zero-order valence-corrected chi connectivity index (χ0v) is 11.9. The highest BCUT2D eigenvalue weighted by molar-refractivity contribution is 5.79. The molecule has 1 amide bonds. The molecule has 0 radical (unpaired) electrons. The fourth-order valence-electron chi connectivity index (χ4n) is 3.00. The molecule has 0 spiro atoms. The van der Waals surface area contributed by atoms with Crippen LogP contribution in [0.15, 0.2) is 18.3 Å². The first kappa shape index (κ1) is 14.8. The molecular formula is C15H23N3O2. The van der Waals surface area contributed by atoms with Crippen molar-refractivity contribution < 1.29 is 9.90 Å². The number of hydrogen-bond donors (Lipinski definition) is 3. The first-order chi connectivity index (χ1) is 9.53. The van der Waals surface area contributed by atoms with E-state index in [1.807, 2.05) is 0 Å². The van der Waals surface area contributed by atoms with E-state index in [1.54, 1.807) is 18.3 Å². The summed E-state index contributed by atoms with van der Waals surface area (Å²) in [6.45, 7) is 2.16. The maximum Gasteiger partial charge on any atom is 0.226 e. The van der Waals surface area contributed by atoms with Crippen molar-refractivity contribution in [3.05, 3.63) is 24.0 Å². The molecule has 2 rings (SSSR count). The molecule has 2 unspecified atom stereocenters. The van der Waals surface area contributed by atoms with E-state index in [2.05, 4.69) is 17.2 Å². The lowest BCUT2D eigenvalue weighted by molar-refractivity contribution is -0.123. The average Bonchev–Trinajstić information content (AvgIpc) is 2.41. The molecule has 0 aliphatic heterocycles. The van der Waals surface area contributed by atoms with Crippen LogP contribution in [0.1, 0.15) is 38.3 Å². The molecule has 2 atom stereocenters. The van der Waals surface area contributed by atoms with E-state index in [0.29, 0.717) is 17.3 Å². The van der Waals surface area contributed by atoms with Crippen LogP contribution >= 0.6 is 0 Å². The summed E-state index contributed by atoms with van der Waals surface area (Å²) in [5, 5.41) is 12.7. The molecule has 110 valence electrons. The molecule has 1 saturated carbocycles. The summed E-state index contributed by atoms with van der Waals surface area (Å²) < 4.78 is 0. The van der Waals surface area contributed by atoms with Gasteiger partial charge in [-0.15, -0.1) is 0 Å². The Morgan fingerprint density at radius 3 is 3.00 bits per heavy atom. The van der Waals surface area contributed by atoms with Crippen molar-refractivity contribution in [3.8, 4) is 0 Å². The van der Waals surface area contributed by atoms with Gasteiger partial charge in [-0.2, -0.15) is 0 Å². The Hall–Kier alpha value is -1.62. The number of nitrogens with one attached hydrogen (secondary N) is 1. The highest BCUT2D eigenvalue weighted by Gasteiger charge is 2.35. The lowest BCUT2D eigenvalue weighted by Gasteiger charge is -2.39. The van der Waals surface area contributed by atoms with Gasteiger partial charge in [0.25, 0.3) is 0 Å². The Balaban J connectivity index is 1.97. The molecule has 4 N–H and O–H groups in total. The summed E-state index contributed by atoms with van der Waals surface area (Å²) in [6.07, 6.45) is 5.65. The van der Waals surface area contributed by atoms with Gasteiger partial charge in [-0.3, -0.25) is 9.78 Å². The van der Waals surface area contributed by atoms with Gasteiger partial charge < -0.3 is 16.2 Å². The van der Waals surface area contributed by atoms with Crippen LogP contribution in [0.3, 0.4) is 0 Å². The molecule has 5 nitrogen and oxygen atoms in total. The number of carbonyl (C=O) groups is 1. The number of rotatable bonds is 4. The number of hydrogen-bond acceptors (Lipinski definition) is 4. The van der Waals surface area contributed by atoms with Crippen molar-refractivity contribution in [3.63, 3.8) is 0 Å². The minimum absolute atomic E-state index is 0.00174. The minimum Gasteiger partial charge on any atom is -0.397 e. The highest BCUT2D eigenvalue weighted by atomic mass is 16.3. The smallest absolute Gasteiger partial charge is 0.226 e. The van der Waals surface area contributed by atoms with Crippen molar-refractivity contribution in [2.24, 2.45) is 5.92 Å². The fourth-order valence-corrected chi connectivity index (χ4v) is 3.00. The average molecular weight is 277 g/mol. The molecule has 0 saturated heterocycles. The van der Waals surface area contributed by atoms with Gasteiger partial charge in [0, 0.05) is 5.69 Å². The zero-order chi connectivity index (χ0) is 14.6. The predicted molar refractivity (Wildman–Crippen MR) is 77.9 cm³/mol. The number of nitrogens with zero attached hydrogens (tertiary/aromatic N) is 1. The van der Waals surface area contributed by atoms with Gasteiger partial charge in [-0.05, 0) is 30.9 Å². The number of anilines is 1. The van der Waals surface area contributed by atoms with Gasteiger partial charge >= 0.3 is 0 Å². The van der Waals surface area contributed by atoms with Gasteiger partial charge in [-0.25, -0.2) is 0 Å². The first-order valence-electron chi connectivity index (χ1n) is 7.15. The molecule has 1 heterocycles. The normalized spacial score (nSPS) is 26.2. The van der Waals surface area contributed by atoms with Crippen LogP contribution < -0.4 is 11.1 Å². The van der Waals surface area contributed by atoms with E-state index in [9.17, 15) is 9.90 Å². The largest absolute Gasteiger partial charge is 0.397 e. The van der Waals surface area contributed by atoms with Crippen LogP contribution in [0.4, 0.5) is 5.69 Å². The van der Waals surface area contributed by atoms with E-state index < -0.39 is 5.54 Å². The predicted octanol–water partition coefficient (Wildman–Crippen LogP) is 1.26. The number of pyridine rings is 1. The molecule has 20 heavy (non-hydrogen) atoms. The lowest BCUT2D eigenvalue weighted by Crippen LogP contribution is -2.54. The summed E-state index contributed by atoms with van der Waals surface area (Å²) in [7, 11) is 0. The Labute approximate surface area is 119 Å². The number of carbonyl (C=O) groups excluding carboxylic acids is 1. The topological polar surface area (TPSA) is 88.2 Å². The van der Waals surface area contributed by atoms with Crippen molar-refractivity contribution in [1.82, 2.24) is 10.3 Å². The maximum absolute atomic E-state index is 12.1. The van der Waals surface area contributed by atoms with E-state index >= 15 is 0 Å². The zero-order valence-electron chi connectivity index (χ0n) is 11.9. The molecule has 1 aliphatic rings. The third-order valence-electron chi connectivity index (χ3n) is 3.99. The third-order valence-corrected chi connectivity index (χ3v) is 3.99. The highest BCUT2D eigenvalue weighted by Crippen LogP contribution is 2.31. The molecule has 0 aromatic carbocycles. The molecule has 0 bridgehead atoms. The number of aromatic nitrogens is 1. The third kappa shape index (κ3) is 3.70. The molecule has 1 aromatic heterocycles. The van der Waals surface area contributed by atoms with Crippen LogP contribution in [0.5, 0.6) is 0 Å². The second-order valence-corrected chi connectivity index (χ2v) is 5.95. The number of aliphatic hydroxyl groups is 1. The standard InChI is InChI=1S/C15H23N3O2/c1-11-3-2-6-15(8-11,10-19)18-14(20)7-13-5-4-12(16)9-17-13/h4-5,9,11,19H,2-3,6-8,10,16H2,1H3,(H,18,20). The summed E-state index contributed by atoms with van der Waals surface area (Å²) in [6, 6.07) is 3.49. The number of aliphatic hydroxyl groups excluding tert-OH is 1. The molecule has 1 aliphatic carbocycles. The summed E-state index contributed by atoms with van der Waals surface area (Å²) in [5.74, 6) is 0.441. The lowest BCUT2D eigenvalue weighted by atomic mass is 9.76. The molecular weight excluding hydrogens is 254 g/mol. The van der Waals surface area contributed by atoms with Gasteiger partial charge in [0.05, 0.1) is 30.5 Å². The second kappa shape index (κ2) is 6.22. The Bertz CT molecular complexity index is 461. The van der Waals surface area contributed by atoms with Crippen LogP contribution in [-0.4, -0.2) is 28.1 Å². The van der Waals surface area contributed by atoms with Crippen molar-refractivity contribution in [1.29, 1.82) is 0 Å². The Morgan fingerprint density at radius 1 is 1.60 bits per heavy atom. The van der Waals surface area contributed by atoms with E-state index in [1.165, 1.54) is 0 Å². The van der Waals surface area contributed by atoms with Crippen molar-refractivity contribution >= 4 is 11.6 Å². The van der Waals surface area contributed by atoms with E-state index in [0.717, 1.165) is 25.7 Å². The van der Waals surface area contributed by atoms with E-state index in [-0.39, 0.29) is 18.9 Å². The van der Waals surface area contributed by atoms with Crippen LogP contribution in [-0.2, 0) is 11.2 Å². The second-order valence-electron chi connectivity index (χ2n) is 5.95. The molecule has 5 heteroatoms. The number of amides is 1. The van der Waals surface area contributed by atoms with Gasteiger partial charge in [0.1, 0.15) is 0 Å². The molecule has 1 fully saturated rings. The van der Waals surface area contributed by atoms with Crippen LogP contribution in [0.25, 0.3) is 0 Å². The van der Waals surface area contributed by atoms with Crippen LogP contribution in [0.2, 0.25) is 0 Å². The Kier molecular flexibility index (Phi) is 4.60. The fraction of sp³-hybridized carbons (Fsp3) is 0.600. The first-order valence-corrected chi connectivity index (χ1v) is 7.15. The minimum atomic E-state index is -0.456. The van der Waals surface area contributed by atoms with Gasteiger partial charge in [-0.1, -0.05) is 19.8 Å². The van der Waals surface area contributed by atoms with Crippen LogP contribution in [0, 0.1) is 5.92 Å². The SMILES string of the molecule is CC1CCCC(CO)(NC(=O)Cc2ccc(N)cn2)C1. The quantitative estimate of drug-likeness (QED) is 0.773. The van der Waals surface area contributed by atoms with E-state index in [4.69, 9.17) is 5.73 Å². The summed E-state index contributed by atoms with van der Waals surface area (Å²) in [5.41, 5.74) is 6.39. The van der Waals surface area contributed by atoms with Crippen molar-refractivity contribution in [2.45, 2.75) is 44.6 Å². The number of nitrogen functional groups attached to an aromatic ring is 1. The Morgan fingerprint density at radius 2 is 2.40 bits per heavy atom. The van der Waals surface area contributed by atoms with Gasteiger partial charge in [0.2, 0.25) is 5.91 Å². The van der Waals surface area contributed by atoms with Crippen molar-refractivity contribution in [2.75, 3.05) is 12.3 Å². The monoisotopic (exact) mass is 277 g/mol. The molecule has 1 aromatic rings. The number of nitrogens with two attached hydrogens (primary N) is 1. The summed E-state index contributed by atoms with van der Waals surface area (Å²) >= 11 is 0. The summed E-state index contributed by atoms with van der Waals surface area (Å²) in [4.78, 5) is 16.3.